The molecule has 0 spiro atoms. The Morgan fingerprint density at radius 1 is 1.04 bits per heavy atom. The maximum atomic E-state index is 12.4. The Morgan fingerprint density at radius 3 is 2.43 bits per heavy atom. The van der Waals surface area contributed by atoms with Crippen LogP contribution in [-0.4, -0.2) is 57.2 Å². The Kier molecular flexibility index (Phi) is 6.93. The van der Waals surface area contributed by atoms with Crippen LogP contribution in [0, 0.1) is 13.8 Å². The maximum absolute atomic E-state index is 12.4. The molecule has 1 N–H and O–H groups in total. The second-order valence-corrected chi connectivity index (χ2v) is 7.45. The van der Waals surface area contributed by atoms with Crippen LogP contribution in [0.3, 0.4) is 0 Å². The Balaban J connectivity index is 1.37. The van der Waals surface area contributed by atoms with E-state index in [2.05, 4.69) is 27.2 Å². The summed E-state index contributed by atoms with van der Waals surface area (Å²) in [4.78, 5) is 17.3. The zero-order chi connectivity index (χ0) is 19.9. The lowest BCUT2D eigenvalue weighted by atomic mass is 10.1. The molecule has 0 aromatic heterocycles. The van der Waals surface area contributed by atoms with Crippen molar-refractivity contribution in [3.8, 4) is 5.75 Å². The van der Waals surface area contributed by atoms with Crippen molar-refractivity contribution in [1.29, 1.82) is 0 Å². The second kappa shape index (κ2) is 9.60. The van der Waals surface area contributed by atoms with Gasteiger partial charge in [-0.05, 0) is 62.7 Å². The van der Waals surface area contributed by atoms with Crippen LogP contribution in [0.15, 0.2) is 42.5 Å². The first kappa shape index (κ1) is 20.2. The van der Waals surface area contributed by atoms with Crippen LogP contribution >= 0.6 is 0 Å². The lowest BCUT2D eigenvalue weighted by molar-refractivity contribution is 0.0950. The fourth-order valence-electron chi connectivity index (χ4n) is 3.60. The molecule has 0 atom stereocenters. The molecule has 1 heterocycles. The number of aryl methyl sites for hydroxylation is 2. The summed E-state index contributed by atoms with van der Waals surface area (Å²) >= 11 is 0. The van der Waals surface area contributed by atoms with Gasteiger partial charge in [-0.2, -0.15) is 0 Å². The number of anilines is 1. The molecule has 1 fully saturated rings. The lowest BCUT2D eigenvalue weighted by Crippen LogP contribution is -2.47. The minimum atomic E-state index is 0.0329. The van der Waals surface area contributed by atoms with Gasteiger partial charge in [0.15, 0.2) is 0 Å². The fourth-order valence-corrected chi connectivity index (χ4v) is 3.60. The summed E-state index contributed by atoms with van der Waals surface area (Å²) in [5.41, 5.74) is 4.18. The van der Waals surface area contributed by atoms with Gasteiger partial charge in [0.1, 0.15) is 5.75 Å². The van der Waals surface area contributed by atoms with E-state index in [0.717, 1.165) is 61.6 Å². The van der Waals surface area contributed by atoms with Crippen LogP contribution in [0.1, 0.15) is 27.9 Å². The van der Waals surface area contributed by atoms with Crippen LogP contribution in [0.5, 0.6) is 5.75 Å². The SMILES string of the molecule is COc1ccc(N2CCN(CCCNC(=O)c3cc(C)ccc3C)CC2)cc1. The van der Waals surface area contributed by atoms with Crippen LogP contribution in [0.4, 0.5) is 5.69 Å². The molecule has 5 nitrogen and oxygen atoms in total. The molecule has 1 aliphatic heterocycles. The van der Waals surface area contributed by atoms with E-state index in [9.17, 15) is 4.79 Å². The van der Waals surface area contributed by atoms with Gasteiger partial charge in [-0.15, -0.1) is 0 Å². The number of rotatable bonds is 7. The first-order chi connectivity index (χ1) is 13.6. The molecular weight excluding hydrogens is 350 g/mol. The molecule has 1 aliphatic rings. The van der Waals surface area contributed by atoms with E-state index in [1.807, 2.05) is 44.2 Å². The Morgan fingerprint density at radius 2 is 1.75 bits per heavy atom. The van der Waals surface area contributed by atoms with Crippen LogP contribution in [-0.2, 0) is 0 Å². The summed E-state index contributed by atoms with van der Waals surface area (Å²) in [6.45, 7) is 9.89. The Bertz CT molecular complexity index is 781. The number of carbonyl (C=O) groups is 1. The minimum absolute atomic E-state index is 0.0329. The number of piperazine rings is 1. The second-order valence-electron chi connectivity index (χ2n) is 7.45. The third-order valence-corrected chi connectivity index (χ3v) is 5.38. The Labute approximate surface area is 168 Å². The van der Waals surface area contributed by atoms with Crippen molar-refractivity contribution in [2.75, 3.05) is 51.3 Å². The van der Waals surface area contributed by atoms with Crippen molar-refractivity contribution in [2.24, 2.45) is 0 Å². The minimum Gasteiger partial charge on any atom is -0.497 e. The predicted molar refractivity (Wildman–Crippen MR) is 115 cm³/mol. The summed E-state index contributed by atoms with van der Waals surface area (Å²) < 4.78 is 5.23. The van der Waals surface area contributed by atoms with Crippen LogP contribution in [0.25, 0.3) is 0 Å². The van der Waals surface area contributed by atoms with Crippen molar-refractivity contribution < 1.29 is 9.53 Å². The largest absolute Gasteiger partial charge is 0.497 e. The quantitative estimate of drug-likeness (QED) is 0.748. The number of nitrogens with one attached hydrogen (secondary N) is 1. The molecule has 0 saturated carbocycles. The smallest absolute Gasteiger partial charge is 0.251 e. The van der Waals surface area contributed by atoms with Gasteiger partial charge in [0.2, 0.25) is 0 Å². The number of methoxy groups -OCH3 is 1. The van der Waals surface area contributed by atoms with Gasteiger partial charge >= 0.3 is 0 Å². The van der Waals surface area contributed by atoms with E-state index in [4.69, 9.17) is 4.74 Å². The first-order valence-corrected chi connectivity index (χ1v) is 10.0. The van der Waals surface area contributed by atoms with Gasteiger partial charge in [0.25, 0.3) is 5.91 Å². The number of carbonyl (C=O) groups excluding carboxylic acids is 1. The van der Waals surface area contributed by atoms with Gasteiger partial charge in [-0.3, -0.25) is 9.69 Å². The molecular formula is C23H31N3O2. The molecule has 2 aromatic rings. The predicted octanol–water partition coefficient (Wildman–Crippen LogP) is 3.25. The maximum Gasteiger partial charge on any atom is 0.251 e. The van der Waals surface area contributed by atoms with E-state index in [0.29, 0.717) is 6.54 Å². The highest BCUT2D eigenvalue weighted by Gasteiger charge is 2.17. The highest BCUT2D eigenvalue weighted by molar-refractivity contribution is 5.95. The highest BCUT2D eigenvalue weighted by Crippen LogP contribution is 2.20. The summed E-state index contributed by atoms with van der Waals surface area (Å²) in [5, 5.41) is 3.06. The number of amides is 1. The Hall–Kier alpha value is -2.53. The molecule has 0 aliphatic carbocycles. The van der Waals surface area contributed by atoms with Gasteiger partial charge in [-0.25, -0.2) is 0 Å². The number of hydrogen-bond donors (Lipinski definition) is 1. The molecule has 0 radical (unpaired) electrons. The third-order valence-electron chi connectivity index (χ3n) is 5.38. The molecule has 5 heteroatoms. The molecule has 150 valence electrons. The van der Waals surface area contributed by atoms with Gasteiger partial charge in [0.05, 0.1) is 7.11 Å². The van der Waals surface area contributed by atoms with Crippen LogP contribution in [0.2, 0.25) is 0 Å². The first-order valence-electron chi connectivity index (χ1n) is 10.0. The van der Waals surface area contributed by atoms with Gasteiger partial charge in [-0.1, -0.05) is 17.7 Å². The van der Waals surface area contributed by atoms with Crippen molar-refractivity contribution in [1.82, 2.24) is 10.2 Å². The fraction of sp³-hybridized carbons (Fsp3) is 0.435. The molecule has 1 saturated heterocycles. The van der Waals surface area contributed by atoms with Crippen LogP contribution < -0.4 is 15.0 Å². The van der Waals surface area contributed by atoms with E-state index in [1.54, 1.807) is 7.11 Å². The summed E-state index contributed by atoms with van der Waals surface area (Å²) in [7, 11) is 1.69. The number of hydrogen-bond acceptors (Lipinski definition) is 4. The van der Waals surface area contributed by atoms with Gasteiger partial charge in [0, 0.05) is 44.0 Å². The molecule has 1 amide bonds. The average Bonchev–Trinajstić information content (AvgIpc) is 2.73. The summed E-state index contributed by atoms with van der Waals surface area (Å²) in [5.74, 6) is 0.927. The van der Waals surface area contributed by atoms with Crippen molar-refractivity contribution in [2.45, 2.75) is 20.3 Å². The average molecular weight is 382 g/mol. The van der Waals surface area contributed by atoms with E-state index >= 15 is 0 Å². The van der Waals surface area contributed by atoms with Gasteiger partial charge < -0.3 is 15.0 Å². The monoisotopic (exact) mass is 381 g/mol. The topological polar surface area (TPSA) is 44.8 Å². The van der Waals surface area contributed by atoms with E-state index < -0.39 is 0 Å². The lowest BCUT2D eigenvalue weighted by Gasteiger charge is -2.36. The zero-order valence-electron chi connectivity index (χ0n) is 17.2. The normalized spacial score (nSPS) is 14.8. The standard InChI is InChI=1S/C23H31N3O2/c1-18-5-6-19(2)22(17-18)23(27)24-11-4-12-25-13-15-26(16-14-25)20-7-9-21(28-3)10-8-20/h5-10,17H,4,11-16H2,1-3H3,(H,24,27). The number of ether oxygens (including phenoxy) is 1. The van der Waals surface area contributed by atoms with E-state index in [1.165, 1.54) is 5.69 Å². The van der Waals surface area contributed by atoms with E-state index in [-0.39, 0.29) is 5.91 Å². The molecule has 3 rings (SSSR count). The number of benzene rings is 2. The van der Waals surface area contributed by atoms with Crippen molar-refractivity contribution >= 4 is 11.6 Å². The van der Waals surface area contributed by atoms with Crippen molar-refractivity contribution in [3.05, 3.63) is 59.2 Å². The zero-order valence-corrected chi connectivity index (χ0v) is 17.2. The third kappa shape index (κ3) is 5.26. The molecule has 0 bridgehead atoms. The van der Waals surface area contributed by atoms with Crippen molar-refractivity contribution in [3.63, 3.8) is 0 Å². The summed E-state index contributed by atoms with van der Waals surface area (Å²) in [6.07, 6.45) is 0.971. The molecule has 28 heavy (non-hydrogen) atoms. The highest BCUT2D eigenvalue weighted by atomic mass is 16.5. The molecule has 0 unspecified atom stereocenters. The molecule has 2 aromatic carbocycles. The summed E-state index contributed by atoms with van der Waals surface area (Å²) in [6, 6.07) is 14.3. The number of nitrogens with zero attached hydrogens (tertiary/aromatic N) is 2.